The van der Waals surface area contributed by atoms with Gasteiger partial charge in [-0.15, -0.1) is 0 Å². The quantitative estimate of drug-likeness (QED) is 0.659. The van der Waals surface area contributed by atoms with E-state index in [4.69, 9.17) is 9.47 Å². The number of halogens is 2. The van der Waals surface area contributed by atoms with Crippen molar-refractivity contribution in [3.63, 3.8) is 0 Å². The average molecular weight is 441 g/mol. The van der Waals surface area contributed by atoms with Crippen LogP contribution in [0.25, 0.3) is 10.9 Å². The molecule has 1 saturated heterocycles. The predicted molar refractivity (Wildman–Crippen MR) is 112 cm³/mol. The van der Waals surface area contributed by atoms with Gasteiger partial charge in [0.05, 0.1) is 29.9 Å². The molecule has 9 heteroatoms. The molecule has 0 spiro atoms. The topological polar surface area (TPSA) is 80.8 Å². The molecule has 3 aromatic rings. The number of para-hydroxylation sites is 1. The van der Waals surface area contributed by atoms with Gasteiger partial charge in [0.2, 0.25) is 0 Å². The van der Waals surface area contributed by atoms with Crippen LogP contribution in [0, 0.1) is 11.6 Å². The van der Waals surface area contributed by atoms with Crippen molar-refractivity contribution in [3.05, 3.63) is 71.4 Å². The molecule has 0 aliphatic carbocycles. The number of carbonyl (C=O) groups is 2. The molecule has 0 bridgehead atoms. The molecule has 1 aliphatic rings. The number of hydrogen-bond acceptors (Lipinski definition) is 5. The second-order valence-corrected chi connectivity index (χ2v) is 7.25. The maximum absolute atomic E-state index is 13.7. The van der Waals surface area contributed by atoms with Gasteiger partial charge in [-0.25, -0.2) is 13.8 Å². The molecule has 0 radical (unpaired) electrons. The number of ether oxygens (including phenoxy) is 2. The minimum atomic E-state index is -0.875. The Morgan fingerprint density at radius 3 is 2.81 bits per heavy atom. The number of carbonyl (C=O) groups excluding carboxylic acids is 2. The van der Waals surface area contributed by atoms with Crippen LogP contribution in [-0.2, 0) is 9.53 Å². The molecule has 2 heterocycles. The zero-order chi connectivity index (χ0) is 22.7. The summed E-state index contributed by atoms with van der Waals surface area (Å²) in [4.78, 5) is 31.2. The van der Waals surface area contributed by atoms with Gasteiger partial charge in [-0.2, -0.15) is 0 Å². The van der Waals surface area contributed by atoms with Crippen molar-refractivity contribution in [2.45, 2.75) is 6.10 Å². The van der Waals surface area contributed by atoms with E-state index in [2.05, 4.69) is 10.3 Å². The molecule has 2 aromatic carbocycles. The van der Waals surface area contributed by atoms with Crippen molar-refractivity contribution in [2.75, 3.05) is 33.4 Å². The van der Waals surface area contributed by atoms with E-state index in [1.165, 1.54) is 4.90 Å². The third-order valence-electron chi connectivity index (χ3n) is 5.20. The molecular weight excluding hydrogens is 420 g/mol. The molecule has 1 aromatic heterocycles. The Morgan fingerprint density at radius 2 is 2.03 bits per heavy atom. The van der Waals surface area contributed by atoms with Gasteiger partial charge in [0.25, 0.3) is 11.8 Å². The second kappa shape index (κ2) is 9.27. The highest BCUT2D eigenvalue weighted by Gasteiger charge is 2.28. The molecule has 1 aliphatic heterocycles. The summed E-state index contributed by atoms with van der Waals surface area (Å²) < 4.78 is 37.8. The van der Waals surface area contributed by atoms with Crippen LogP contribution in [0.1, 0.15) is 22.2 Å². The van der Waals surface area contributed by atoms with Gasteiger partial charge in [0.15, 0.2) is 18.2 Å². The minimum Gasteiger partial charge on any atom is -0.481 e. The normalized spacial score (nSPS) is 16.1. The molecule has 2 amide bonds. The number of aromatic nitrogens is 1. The van der Waals surface area contributed by atoms with Crippen LogP contribution in [0.4, 0.5) is 8.78 Å². The molecule has 7 nitrogen and oxygen atoms in total. The lowest BCUT2D eigenvalue weighted by atomic mass is 10.0. The van der Waals surface area contributed by atoms with Crippen LogP contribution in [-0.4, -0.2) is 55.0 Å². The summed E-state index contributed by atoms with van der Waals surface area (Å²) in [6, 6.07) is 11.8. The number of fused-ring (bicyclic) bond motifs is 1. The molecule has 0 saturated carbocycles. The van der Waals surface area contributed by atoms with E-state index in [0.717, 1.165) is 12.1 Å². The summed E-state index contributed by atoms with van der Waals surface area (Å²) in [6.45, 7) is 0.405. The van der Waals surface area contributed by atoms with E-state index in [1.54, 1.807) is 13.1 Å². The molecule has 1 atom stereocenters. The number of amides is 2. The van der Waals surface area contributed by atoms with Gasteiger partial charge in [-0.05, 0) is 24.3 Å². The van der Waals surface area contributed by atoms with Gasteiger partial charge >= 0.3 is 0 Å². The standard InChI is InChI=1S/C23H21F2N3O4/c1-26-23(30)16-11-19(27-18-5-3-2-4-15(16)18)21-12-28(8-9-31-21)22(29)13-32-20-7-6-14(24)10-17(20)25/h2-7,10-11,21H,8-9,12-13H2,1H3,(H,26,30). The van der Waals surface area contributed by atoms with Gasteiger partial charge < -0.3 is 19.7 Å². The Balaban J connectivity index is 1.50. The molecule has 166 valence electrons. The molecular formula is C23H21F2N3O4. The fourth-order valence-corrected chi connectivity index (χ4v) is 3.56. The number of pyridine rings is 1. The number of nitrogens with zero attached hydrogens (tertiary/aromatic N) is 2. The van der Waals surface area contributed by atoms with E-state index in [9.17, 15) is 18.4 Å². The van der Waals surface area contributed by atoms with Gasteiger partial charge in [0, 0.05) is 25.0 Å². The third-order valence-corrected chi connectivity index (χ3v) is 5.20. The summed E-state index contributed by atoms with van der Waals surface area (Å²) in [5, 5.41) is 3.34. The SMILES string of the molecule is CNC(=O)c1cc(C2CN(C(=O)COc3ccc(F)cc3F)CCO2)nc2ccccc12. The van der Waals surface area contributed by atoms with E-state index in [1.807, 2.05) is 24.3 Å². The average Bonchev–Trinajstić information content (AvgIpc) is 2.82. The van der Waals surface area contributed by atoms with Crippen LogP contribution in [0.3, 0.4) is 0 Å². The first-order valence-electron chi connectivity index (χ1n) is 10.0. The minimum absolute atomic E-state index is 0.198. The van der Waals surface area contributed by atoms with Crippen LogP contribution in [0.2, 0.25) is 0 Å². The third kappa shape index (κ3) is 4.52. The predicted octanol–water partition coefficient (Wildman–Crippen LogP) is 2.85. The maximum atomic E-state index is 13.7. The summed E-state index contributed by atoms with van der Waals surface area (Å²) in [5.74, 6) is -2.41. The highest BCUT2D eigenvalue weighted by molar-refractivity contribution is 6.06. The van der Waals surface area contributed by atoms with Gasteiger partial charge in [-0.1, -0.05) is 18.2 Å². The van der Waals surface area contributed by atoms with Crippen LogP contribution < -0.4 is 10.1 Å². The fourth-order valence-electron chi connectivity index (χ4n) is 3.56. The molecule has 1 fully saturated rings. The Morgan fingerprint density at radius 1 is 1.22 bits per heavy atom. The summed E-state index contributed by atoms with van der Waals surface area (Å²) in [7, 11) is 1.55. The van der Waals surface area contributed by atoms with Crippen LogP contribution in [0.5, 0.6) is 5.75 Å². The number of nitrogens with one attached hydrogen (secondary N) is 1. The van der Waals surface area contributed by atoms with Crippen molar-refractivity contribution in [2.24, 2.45) is 0 Å². The van der Waals surface area contributed by atoms with Crippen molar-refractivity contribution in [1.29, 1.82) is 0 Å². The molecule has 1 unspecified atom stereocenters. The van der Waals surface area contributed by atoms with E-state index in [0.29, 0.717) is 34.8 Å². The smallest absolute Gasteiger partial charge is 0.260 e. The zero-order valence-corrected chi connectivity index (χ0v) is 17.3. The Bertz CT molecular complexity index is 1170. The number of morpholine rings is 1. The lowest BCUT2D eigenvalue weighted by molar-refractivity contribution is -0.141. The van der Waals surface area contributed by atoms with Crippen molar-refractivity contribution in [1.82, 2.24) is 15.2 Å². The van der Waals surface area contributed by atoms with Crippen LogP contribution >= 0.6 is 0 Å². The number of benzene rings is 2. The van der Waals surface area contributed by atoms with Gasteiger partial charge in [-0.3, -0.25) is 9.59 Å². The molecule has 4 rings (SSSR count). The first-order chi connectivity index (χ1) is 15.5. The number of rotatable bonds is 5. The molecule has 32 heavy (non-hydrogen) atoms. The maximum Gasteiger partial charge on any atom is 0.260 e. The largest absolute Gasteiger partial charge is 0.481 e. The lowest BCUT2D eigenvalue weighted by Crippen LogP contribution is -2.44. The zero-order valence-electron chi connectivity index (χ0n) is 17.3. The summed E-state index contributed by atoms with van der Waals surface area (Å²) in [5.41, 5.74) is 1.64. The first-order valence-corrected chi connectivity index (χ1v) is 10.0. The summed E-state index contributed by atoms with van der Waals surface area (Å²) in [6.07, 6.45) is -0.539. The van der Waals surface area contributed by atoms with Crippen LogP contribution in [0.15, 0.2) is 48.5 Å². The number of hydrogen-bond donors (Lipinski definition) is 1. The summed E-state index contributed by atoms with van der Waals surface area (Å²) >= 11 is 0. The second-order valence-electron chi connectivity index (χ2n) is 7.25. The van der Waals surface area contributed by atoms with E-state index in [-0.39, 0.29) is 30.7 Å². The first kappa shape index (κ1) is 21.6. The Kier molecular flexibility index (Phi) is 6.27. The fraction of sp³-hybridized carbons (Fsp3) is 0.261. The van der Waals surface area contributed by atoms with E-state index >= 15 is 0 Å². The van der Waals surface area contributed by atoms with E-state index < -0.39 is 24.3 Å². The molecule has 1 N–H and O–H groups in total. The Hall–Kier alpha value is -3.59. The Labute approximate surface area is 182 Å². The van der Waals surface area contributed by atoms with Gasteiger partial charge in [0.1, 0.15) is 11.9 Å². The van der Waals surface area contributed by atoms with Crippen molar-refractivity contribution >= 4 is 22.7 Å². The van der Waals surface area contributed by atoms with Crippen molar-refractivity contribution in [3.8, 4) is 5.75 Å². The van der Waals surface area contributed by atoms with Crippen molar-refractivity contribution < 1.29 is 27.8 Å². The highest BCUT2D eigenvalue weighted by Crippen LogP contribution is 2.26. The lowest BCUT2D eigenvalue weighted by Gasteiger charge is -2.33. The highest BCUT2D eigenvalue weighted by atomic mass is 19.1. The monoisotopic (exact) mass is 441 g/mol.